The first-order valence-corrected chi connectivity index (χ1v) is 8.06. The molecule has 2 aromatic carbocycles. The first-order chi connectivity index (χ1) is 11.4. The number of rotatable bonds is 4. The molecule has 0 aliphatic rings. The maximum Gasteiger partial charge on any atom is 0.256 e. The predicted octanol–water partition coefficient (Wildman–Crippen LogP) is 4.93. The van der Waals surface area contributed by atoms with Gasteiger partial charge in [-0.05, 0) is 36.4 Å². The van der Waals surface area contributed by atoms with Gasteiger partial charge in [0.25, 0.3) is 11.8 Å². The fourth-order valence-electron chi connectivity index (χ4n) is 1.74. The van der Waals surface area contributed by atoms with Gasteiger partial charge >= 0.3 is 0 Å². The summed E-state index contributed by atoms with van der Waals surface area (Å²) in [5.74, 6) is -0.876. The Bertz CT molecular complexity index is 754. The van der Waals surface area contributed by atoms with E-state index in [1.165, 1.54) is 36.7 Å². The van der Waals surface area contributed by atoms with Gasteiger partial charge in [-0.15, -0.1) is 0 Å². The summed E-state index contributed by atoms with van der Waals surface area (Å²) in [6, 6.07) is 9.03. The van der Waals surface area contributed by atoms with Crippen molar-refractivity contribution in [3.8, 4) is 0 Å². The Morgan fingerprint density at radius 3 is 1.42 bits per heavy atom. The first-order valence-electron chi connectivity index (χ1n) is 6.55. The second kappa shape index (κ2) is 8.40. The van der Waals surface area contributed by atoms with Gasteiger partial charge in [0.2, 0.25) is 0 Å². The summed E-state index contributed by atoms with van der Waals surface area (Å²) < 4.78 is 0. The van der Waals surface area contributed by atoms with Crippen LogP contribution in [0, 0.1) is 0 Å². The van der Waals surface area contributed by atoms with Crippen LogP contribution in [-0.4, -0.2) is 11.8 Å². The van der Waals surface area contributed by atoms with Gasteiger partial charge in [-0.2, -0.15) is 0 Å². The molecule has 0 saturated heterocycles. The minimum Gasteiger partial charge on any atom is -0.327 e. The molecule has 2 rings (SSSR count). The summed E-state index contributed by atoms with van der Waals surface area (Å²) in [6.45, 7) is 0. The van der Waals surface area contributed by atoms with Crippen LogP contribution in [0.3, 0.4) is 0 Å². The quantitative estimate of drug-likeness (QED) is 0.760. The van der Waals surface area contributed by atoms with E-state index in [-0.39, 0.29) is 21.2 Å². The van der Waals surface area contributed by atoms with E-state index in [0.29, 0.717) is 10.0 Å². The number of carbonyl (C=O) groups excluding carboxylic acids is 2. The third kappa shape index (κ3) is 4.89. The summed E-state index contributed by atoms with van der Waals surface area (Å²) in [4.78, 5) is 23.9. The molecule has 0 heterocycles. The monoisotopic (exact) mass is 402 g/mol. The van der Waals surface area contributed by atoms with Crippen molar-refractivity contribution in [1.29, 1.82) is 0 Å². The lowest BCUT2D eigenvalue weighted by Gasteiger charge is -2.05. The largest absolute Gasteiger partial charge is 0.327 e. The molecule has 8 heteroatoms. The van der Waals surface area contributed by atoms with Crippen molar-refractivity contribution < 1.29 is 9.59 Å². The molecule has 2 amide bonds. The zero-order valence-electron chi connectivity index (χ0n) is 11.9. The standard InChI is InChI=1S/C16H10Cl4N2O2/c17-9-1-3-11(13(19)7-9)15(23)21-5-6-22-16(24)12-4-2-10(18)8-14(12)20/h1-8H,(H,21,23)(H,22,24)/b6-5-. The minimum atomic E-state index is -0.438. The second-order valence-electron chi connectivity index (χ2n) is 4.53. The zero-order chi connectivity index (χ0) is 17.7. The molecule has 0 saturated carbocycles. The average molecular weight is 404 g/mol. The van der Waals surface area contributed by atoms with E-state index in [2.05, 4.69) is 10.6 Å². The number of halogens is 4. The predicted molar refractivity (Wildman–Crippen MR) is 97.0 cm³/mol. The molecule has 0 aliphatic carbocycles. The number of hydrogen-bond acceptors (Lipinski definition) is 2. The van der Waals surface area contributed by atoms with Crippen LogP contribution in [0.25, 0.3) is 0 Å². The van der Waals surface area contributed by atoms with Crippen LogP contribution in [0.2, 0.25) is 20.1 Å². The first kappa shape index (κ1) is 18.6. The van der Waals surface area contributed by atoms with Crippen LogP contribution in [-0.2, 0) is 0 Å². The maximum absolute atomic E-state index is 11.9. The lowest BCUT2D eigenvalue weighted by molar-refractivity contribution is 0.0956. The third-order valence-corrected chi connectivity index (χ3v) is 3.96. The third-order valence-electron chi connectivity index (χ3n) is 2.86. The van der Waals surface area contributed by atoms with Gasteiger partial charge in [0, 0.05) is 22.4 Å². The molecular weight excluding hydrogens is 394 g/mol. The molecule has 4 nitrogen and oxygen atoms in total. The van der Waals surface area contributed by atoms with E-state index >= 15 is 0 Å². The molecule has 0 atom stereocenters. The zero-order valence-corrected chi connectivity index (χ0v) is 15.0. The minimum absolute atomic E-state index is 0.227. The van der Waals surface area contributed by atoms with Crippen molar-refractivity contribution in [2.24, 2.45) is 0 Å². The van der Waals surface area contributed by atoms with Gasteiger partial charge < -0.3 is 10.6 Å². The Morgan fingerprint density at radius 1 is 0.708 bits per heavy atom. The van der Waals surface area contributed by atoms with E-state index in [1.807, 2.05) is 0 Å². The Morgan fingerprint density at radius 2 is 1.08 bits per heavy atom. The fraction of sp³-hybridized carbons (Fsp3) is 0. The van der Waals surface area contributed by atoms with E-state index in [9.17, 15) is 9.59 Å². The van der Waals surface area contributed by atoms with Gasteiger partial charge in [0.15, 0.2) is 0 Å². The fourth-order valence-corrected chi connectivity index (χ4v) is 2.73. The Balaban J connectivity index is 1.94. The normalized spacial score (nSPS) is 10.7. The van der Waals surface area contributed by atoms with Gasteiger partial charge in [-0.1, -0.05) is 46.4 Å². The summed E-state index contributed by atoms with van der Waals surface area (Å²) >= 11 is 23.4. The highest BCUT2D eigenvalue weighted by Gasteiger charge is 2.10. The molecule has 24 heavy (non-hydrogen) atoms. The molecule has 2 N–H and O–H groups in total. The van der Waals surface area contributed by atoms with Gasteiger partial charge in [-0.25, -0.2) is 0 Å². The lowest BCUT2D eigenvalue weighted by atomic mass is 10.2. The van der Waals surface area contributed by atoms with Crippen LogP contribution in [0.5, 0.6) is 0 Å². The molecule has 0 unspecified atom stereocenters. The van der Waals surface area contributed by atoms with E-state index in [0.717, 1.165) is 0 Å². The van der Waals surface area contributed by atoms with Gasteiger partial charge in [-0.3, -0.25) is 9.59 Å². The van der Waals surface area contributed by atoms with Crippen LogP contribution >= 0.6 is 46.4 Å². The second-order valence-corrected chi connectivity index (χ2v) is 6.22. The van der Waals surface area contributed by atoms with E-state index in [4.69, 9.17) is 46.4 Å². The molecule has 2 aromatic rings. The van der Waals surface area contributed by atoms with Gasteiger partial charge in [0.05, 0.1) is 21.2 Å². The lowest BCUT2D eigenvalue weighted by Crippen LogP contribution is -2.21. The number of carbonyl (C=O) groups is 2. The summed E-state index contributed by atoms with van der Waals surface area (Å²) in [7, 11) is 0. The molecule has 124 valence electrons. The van der Waals surface area contributed by atoms with Crippen molar-refractivity contribution in [3.63, 3.8) is 0 Å². The molecule has 0 spiro atoms. The average Bonchev–Trinajstić information content (AvgIpc) is 2.51. The Kier molecular flexibility index (Phi) is 6.52. The number of nitrogens with one attached hydrogen (secondary N) is 2. The highest BCUT2D eigenvalue weighted by molar-refractivity contribution is 6.37. The Labute approximate surface area is 158 Å². The van der Waals surface area contributed by atoms with Crippen molar-refractivity contribution in [1.82, 2.24) is 10.6 Å². The number of benzene rings is 2. The van der Waals surface area contributed by atoms with Crippen LogP contribution < -0.4 is 10.6 Å². The van der Waals surface area contributed by atoms with Crippen molar-refractivity contribution in [2.75, 3.05) is 0 Å². The number of amides is 2. The molecule has 0 aromatic heterocycles. The smallest absolute Gasteiger partial charge is 0.256 e. The highest BCUT2D eigenvalue weighted by atomic mass is 35.5. The maximum atomic E-state index is 11.9. The highest BCUT2D eigenvalue weighted by Crippen LogP contribution is 2.21. The van der Waals surface area contributed by atoms with Crippen molar-refractivity contribution in [3.05, 3.63) is 80.0 Å². The van der Waals surface area contributed by atoms with E-state index < -0.39 is 11.8 Å². The van der Waals surface area contributed by atoms with Crippen LogP contribution in [0.1, 0.15) is 20.7 Å². The summed E-state index contributed by atoms with van der Waals surface area (Å²) in [5, 5.41) is 6.26. The van der Waals surface area contributed by atoms with Crippen molar-refractivity contribution >= 4 is 58.2 Å². The summed E-state index contributed by atoms with van der Waals surface area (Å²) in [5.41, 5.74) is 0.524. The molecule has 0 radical (unpaired) electrons. The van der Waals surface area contributed by atoms with Crippen LogP contribution in [0.4, 0.5) is 0 Å². The summed E-state index contributed by atoms with van der Waals surface area (Å²) in [6.07, 6.45) is 2.55. The molecular formula is C16H10Cl4N2O2. The Hall–Kier alpha value is -1.72. The molecule has 0 fully saturated rings. The number of hydrogen-bond donors (Lipinski definition) is 2. The topological polar surface area (TPSA) is 58.2 Å². The van der Waals surface area contributed by atoms with Crippen LogP contribution in [0.15, 0.2) is 48.8 Å². The van der Waals surface area contributed by atoms with E-state index in [1.54, 1.807) is 12.1 Å². The SMILES string of the molecule is O=C(N/C=C\NC(=O)c1ccc(Cl)cc1Cl)c1ccc(Cl)cc1Cl. The van der Waals surface area contributed by atoms with Crippen molar-refractivity contribution in [2.45, 2.75) is 0 Å². The van der Waals surface area contributed by atoms with Gasteiger partial charge in [0.1, 0.15) is 0 Å². The molecule has 0 aliphatic heterocycles. The molecule has 0 bridgehead atoms.